The Bertz CT molecular complexity index is 1070. The molecule has 0 heterocycles. The molecule has 0 spiro atoms. The number of carboxylic acid groups (broad SMARTS) is 1. The van der Waals surface area contributed by atoms with Gasteiger partial charge in [0.05, 0.1) is 12.0 Å². The average molecular weight is 477 g/mol. The van der Waals surface area contributed by atoms with Gasteiger partial charge in [0.2, 0.25) is 5.91 Å². The number of aliphatic carboxylic acids is 1. The van der Waals surface area contributed by atoms with Crippen molar-refractivity contribution >= 4 is 18.0 Å². The largest absolute Gasteiger partial charge is 0.481 e. The van der Waals surface area contributed by atoms with Gasteiger partial charge < -0.3 is 20.5 Å². The minimum atomic E-state index is -0.900. The van der Waals surface area contributed by atoms with Crippen LogP contribution in [0.25, 0.3) is 11.1 Å². The average Bonchev–Trinajstić information content (AvgIpc) is 3.51. The highest BCUT2D eigenvalue weighted by Crippen LogP contribution is 2.44. The van der Waals surface area contributed by atoms with Crippen LogP contribution < -0.4 is 10.6 Å². The molecule has 2 saturated carbocycles. The Hall–Kier alpha value is -3.35. The molecule has 1 unspecified atom stereocenters. The van der Waals surface area contributed by atoms with Crippen LogP contribution in [0.4, 0.5) is 4.79 Å². The lowest BCUT2D eigenvalue weighted by atomic mass is 9.92. The summed E-state index contributed by atoms with van der Waals surface area (Å²) >= 11 is 0. The molecule has 2 fully saturated rings. The van der Waals surface area contributed by atoms with E-state index in [1.165, 1.54) is 11.1 Å². The SMILES string of the molecule is O=C(O)CC1(NC(=O)CC(NC(=O)OCC2c3ccccc3-c3ccccc32)C2CC2)CCCC1. The monoisotopic (exact) mass is 476 g/mol. The number of benzene rings is 2. The summed E-state index contributed by atoms with van der Waals surface area (Å²) in [5.74, 6) is -0.874. The second-order valence-corrected chi connectivity index (χ2v) is 10.2. The number of carbonyl (C=O) groups is 3. The Kier molecular flexibility index (Phi) is 6.50. The molecule has 2 amide bonds. The van der Waals surface area contributed by atoms with Gasteiger partial charge in [0.15, 0.2) is 0 Å². The summed E-state index contributed by atoms with van der Waals surface area (Å²) in [6, 6.07) is 16.1. The lowest BCUT2D eigenvalue weighted by molar-refractivity contribution is -0.139. The van der Waals surface area contributed by atoms with E-state index in [1.807, 2.05) is 24.3 Å². The van der Waals surface area contributed by atoms with E-state index >= 15 is 0 Å². The molecule has 3 N–H and O–H groups in total. The molecule has 3 aliphatic carbocycles. The number of carboxylic acids is 1. The molecule has 0 saturated heterocycles. The molecule has 3 aliphatic rings. The number of amides is 2. The number of hydrogen-bond acceptors (Lipinski definition) is 4. The first kappa shape index (κ1) is 23.4. The maximum atomic E-state index is 12.9. The molecule has 35 heavy (non-hydrogen) atoms. The number of ether oxygens (including phenoxy) is 1. The van der Waals surface area contributed by atoms with E-state index in [4.69, 9.17) is 4.74 Å². The smallest absolute Gasteiger partial charge is 0.407 e. The van der Waals surface area contributed by atoms with E-state index in [0.29, 0.717) is 12.8 Å². The number of rotatable bonds is 9. The molecule has 5 rings (SSSR count). The molecule has 7 heteroatoms. The first-order chi connectivity index (χ1) is 16.9. The van der Waals surface area contributed by atoms with Crippen molar-refractivity contribution in [2.75, 3.05) is 6.61 Å². The Morgan fingerprint density at radius 1 is 0.971 bits per heavy atom. The third kappa shape index (κ3) is 5.19. The fourth-order valence-electron chi connectivity index (χ4n) is 5.86. The highest BCUT2D eigenvalue weighted by atomic mass is 16.5. The molecule has 0 radical (unpaired) electrons. The van der Waals surface area contributed by atoms with Gasteiger partial charge in [0.1, 0.15) is 6.61 Å². The number of carbonyl (C=O) groups excluding carboxylic acids is 2. The van der Waals surface area contributed by atoms with E-state index in [1.54, 1.807) is 0 Å². The van der Waals surface area contributed by atoms with Crippen molar-refractivity contribution in [1.82, 2.24) is 10.6 Å². The van der Waals surface area contributed by atoms with Crippen LogP contribution >= 0.6 is 0 Å². The van der Waals surface area contributed by atoms with Crippen molar-refractivity contribution in [3.63, 3.8) is 0 Å². The number of fused-ring (bicyclic) bond motifs is 3. The van der Waals surface area contributed by atoms with Crippen LogP contribution in [0.3, 0.4) is 0 Å². The number of nitrogens with one attached hydrogen (secondary N) is 2. The van der Waals surface area contributed by atoms with Crippen LogP contribution in [0.15, 0.2) is 48.5 Å². The molecule has 0 aromatic heterocycles. The van der Waals surface area contributed by atoms with Crippen molar-refractivity contribution in [1.29, 1.82) is 0 Å². The Morgan fingerprint density at radius 3 is 2.14 bits per heavy atom. The van der Waals surface area contributed by atoms with Crippen LogP contribution in [0, 0.1) is 5.92 Å². The summed E-state index contributed by atoms with van der Waals surface area (Å²) in [6.45, 7) is 0.227. The van der Waals surface area contributed by atoms with Gasteiger partial charge in [0.25, 0.3) is 0 Å². The second-order valence-electron chi connectivity index (χ2n) is 10.2. The highest BCUT2D eigenvalue weighted by Gasteiger charge is 2.40. The van der Waals surface area contributed by atoms with Crippen molar-refractivity contribution in [2.24, 2.45) is 5.92 Å². The maximum Gasteiger partial charge on any atom is 0.407 e. The Morgan fingerprint density at radius 2 is 1.57 bits per heavy atom. The first-order valence-electron chi connectivity index (χ1n) is 12.6. The zero-order valence-corrected chi connectivity index (χ0v) is 19.8. The normalized spacial score (nSPS) is 18.9. The fraction of sp³-hybridized carbons (Fsp3) is 0.464. The zero-order chi connectivity index (χ0) is 24.4. The Balaban J connectivity index is 1.19. The summed E-state index contributed by atoms with van der Waals surface area (Å²) in [5.41, 5.74) is 3.99. The molecule has 2 aromatic rings. The van der Waals surface area contributed by atoms with Gasteiger partial charge in [-0.3, -0.25) is 9.59 Å². The lowest BCUT2D eigenvalue weighted by Gasteiger charge is -2.29. The predicted molar refractivity (Wildman–Crippen MR) is 131 cm³/mol. The lowest BCUT2D eigenvalue weighted by Crippen LogP contribution is -2.50. The van der Waals surface area contributed by atoms with Gasteiger partial charge >= 0.3 is 12.1 Å². The van der Waals surface area contributed by atoms with E-state index in [0.717, 1.165) is 36.8 Å². The molecular weight excluding hydrogens is 444 g/mol. The molecule has 2 aromatic carbocycles. The fourth-order valence-corrected chi connectivity index (χ4v) is 5.86. The second kappa shape index (κ2) is 9.72. The standard InChI is InChI=1S/C28H32N2O5/c31-25(30-28(16-26(32)33)13-5-6-14-28)15-24(18-11-12-18)29-27(34)35-17-23-21-9-3-1-7-19(21)20-8-2-4-10-22(20)23/h1-4,7-10,18,23-24H,5-6,11-17H2,(H,29,34)(H,30,31)(H,32,33). The van der Waals surface area contributed by atoms with Crippen LogP contribution in [-0.4, -0.2) is 41.3 Å². The number of alkyl carbamates (subject to hydrolysis) is 1. The van der Waals surface area contributed by atoms with Gasteiger partial charge in [-0.2, -0.15) is 0 Å². The van der Waals surface area contributed by atoms with E-state index in [-0.39, 0.29) is 43.2 Å². The molecule has 1 atom stereocenters. The highest BCUT2D eigenvalue weighted by molar-refractivity contribution is 5.80. The summed E-state index contributed by atoms with van der Waals surface area (Å²) in [5, 5.41) is 15.2. The van der Waals surface area contributed by atoms with E-state index in [2.05, 4.69) is 34.9 Å². The summed E-state index contributed by atoms with van der Waals surface area (Å²) in [6.07, 6.45) is 4.66. The van der Waals surface area contributed by atoms with Crippen LogP contribution in [0.5, 0.6) is 0 Å². The van der Waals surface area contributed by atoms with Gasteiger partial charge in [-0.05, 0) is 53.9 Å². The van der Waals surface area contributed by atoms with Crippen molar-refractivity contribution in [3.05, 3.63) is 59.7 Å². The minimum Gasteiger partial charge on any atom is -0.481 e. The molecule has 184 valence electrons. The van der Waals surface area contributed by atoms with E-state index in [9.17, 15) is 19.5 Å². The van der Waals surface area contributed by atoms with Crippen LogP contribution in [-0.2, 0) is 14.3 Å². The molecular formula is C28H32N2O5. The molecule has 0 aliphatic heterocycles. The first-order valence-corrected chi connectivity index (χ1v) is 12.6. The number of hydrogen-bond donors (Lipinski definition) is 3. The van der Waals surface area contributed by atoms with Gasteiger partial charge in [-0.15, -0.1) is 0 Å². The molecule has 7 nitrogen and oxygen atoms in total. The topological polar surface area (TPSA) is 105 Å². The zero-order valence-electron chi connectivity index (χ0n) is 19.8. The van der Waals surface area contributed by atoms with Gasteiger partial charge in [-0.1, -0.05) is 61.4 Å². The Labute approximate surface area is 205 Å². The van der Waals surface area contributed by atoms with Crippen molar-refractivity contribution in [2.45, 2.75) is 68.9 Å². The summed E-state index contributed by atoms with van der Waals surface area (Å²) < 4.78 is 5.68. The minimum absolute atomic E-state index is 0.0194. The predicted octanol–water partition coefficient (Wildman–Crippen LogP) is 4.60. The van der Waals surface area contributed by atoms with Gasteiger partial charge in [0, 0.05) is 18.4 Å². The maximum absolute atomic E-state index is 12.9. The van der Waals surface area contributed by atoms with Gasteiger partial charge in [-0.25, -0.2) is 4.79 Å². The third-order valence-corrected chi connectivity index (χ3v) is 7.70. The van der Waals surface area contributed by atoms with Crippen LogP contribution in [0.1, 0.15) is 68.4 Å². The quantitative estimate of drug-likeness (QED) is 0.491. The summed E-state index contributed by atoms with van der Waals surface area (Å²) in [4.78, 5) is 37.0. The molecule has 0 bridgehead atoms. The third-order valence-electron chi connectivity index (χ3n) is 7.70. The van der Waals surface area contributed by atoms with E-state index < -0.39 is 17.6 Å². The summed E-state index contributed by atoms with van der Waals surface area (Å²) in [7, 11) is 0. The van der Waals surface area contributed by atoms with Crippen molar-refractivity contribution in [3.8, 4) is 11.1 Å². The van der Waals surface area contributed by atoms with Crippen molar-refractivity contribution < 1.29 is 24.2 Å². The van der Waals surface area contributed by atoms with Crippen LogP contribution in [0.2, 0.25) is 0 Å².